The molecule has 1 aromatic carbocycles. The number of aliphatic carboxylic acids is 1. The van der Waals surface area contributed by atoms with Gasteiger partial charge in [0.1, 0.15) is 28.7 Å². The van der Waals surface area contributed by atoms with Crippen LogP contribution in [0.4, 0.5) is 8.78 Å². The van der Waals surface area contributed by atoms with Crippen LogP contribution in [0.1, 0.15) is 52.0 Å². The van der Waals surface area contributed by atoms with Crippen LogP contribution in [0.25, 0.3) is 0 Å². The Hall–Kier alpha value is -1.69. The summed E-state index contributed by atoms with van der Waals surface area (Å²) in [5.41, 5.74) is -1.94. The monoisotopic (exact) mass is 503 g/mol. The van der Waals surface area contributed by atoms with E-state index in [0.717, 1.165) is 35.9 Å². The van der Waals surface area contributed by atoms with E-state index in [2.05, 4.69) is 10.5 Å². The number of rotatable bonds is 6. The van der Waals surface area contributed by atoms with E-state index < -0.39 is 68.5 Å². The Bertz CT molecular complexity index is 1030. The van der Waals surface area contributed by atoms with E-state index in [1.165, 1.54) is 11.8 Å². The van der Waals surface area contributed by atoms with Crippen molar-refractivity contribution in [1.82, 2.24) is 10.2 Å². The largest absolute Gasteiger partial charge is 1.00 e. The number of fused-ring (bicyclic) bond motifs is 1. The first kappa shape index (κ1) is 26.9. The number of β-lactam (4-membered cyclic amide) rings is 1. The zero-order chi connectivity index (χ0) is 24.1. The van der Waals surface area contributed by atoms with Crippen molar-refractivity contribution >= 4 is 35.3 Å². The molecule has 1 aromatic rings. The maximum Gasteiger partial charge on any atom is 1.00 e. The number of nitrogens with one attached hydrogen (secondary N) is 1. The molecular weight excluding hydrogens is 479 g/mol. The number of carboxylic acids is 1. The SMILES string of the molecule is CC1(O/N=C(\C(=O)N[C@H]2C(=O)N3[C@@H]2SC(C)(C)[C@@H]3C(=O)[O-])c2c(F)cccc2F)CCCC1.[Na+]. The van der Waals surface area contributed by atoms with Crippen molar-refractivity contribution in [3.63, 3.8) is 0 Å². The van der Waals surface area contributed by atoms with Crippen molar-refractivity contribution in [3.8, 4) is 0 Å². The van der Waals surface area contributed by atoms with Gasteiger partial charge in [-0.25, -0.2) is 8.78 Å². The van der Waals surface area contributed by atoms with Gasteiger partial charge in [-0.15, -0.1) is 11.8 Å². The first-order valence-electron chi connectivity index (χ1n) is 10.7. The second-order valence-electron chi connectivity index (χ2n) is 9.31. The van der Waals surface area contributed by atoms with Crippen LogP contribution in [0.2, 0.25) is 0 Å². The van der Waals surface area contributed by atoms with Crippen LogP contribution in [0.3, 0.4) is 0 Å². The summed E-state index contributed by atoms with van der Waals surface area (Å²) in [4.78, 5) is 44.1. The van der Waals surface area contributed by atoms with Crippen LogP contribution in [0, 0.1) is 11.6 Å². The number of nitrogens with zero attached hydrogens (tertiary/aromatic N) is 2. The summed E-state index contributed by atoms with van der Waals surface area (Å²) in [5.74, 6) is -4.99. The second kappa shape index (κ2) is 9.75. The molecule has 3 atom stereocenters. The van der Waals surface area contributed by atoms with Crippen LogP contribution in [-0.4, -0.2) is 56.2 Å². The molecule has 4 rings (SSSR count). The van der Waals surface area contributed by atoms with Gasteiger partial charge in [0.05, 0.1) is 17.6 Å². The van der Waals surface area contributed by atoms with Crippen molar-refractivity contribution in [3.05, 3.63) is 35.4 Å². The summed E-state index contributed by atoms with van der Waals surface area (Å²) >= 11 is 1.21. The van der Waals surface area contributed by atoms with Crippen LogP contribution in [0.15, 0.2) is 23.4 Å². The minimum atomic E-state index is -1.39. The standard InChI is InChI=1S/C22H25F2N3O5S.Na/c1-21(2)16(20(30)31)27-18(29)15(19(27)33-21)25-17(28)14(13-11(23)7-6-8-12(13)24)26-32-22(3)9-4-5-10-22;/h6-8,15-16,19H,4-5,9-10H2,1-3H3,(H,25,28)(H,30,31);/q;+1/p-1/b26-14-;/t15-,16-,19+;/m0./s1. The average Bonchev–Trinajstić information content (AvgIpc) is 3.27. The fraction of sp³-hybridized carbons (Fsp3) is 0.545. The van der Waals surface area contributed by atoms with Crippen LogP contribution in [-0.2, 0) is 19.2 Å². The van der Waals surface area contributed by atoms with E-state index in [-0.39, 0.29) is 29.6 Å². The molecule has 34 heavy (non-hydrogen) atoms. The molecule has 2 heterocycles. The number of hydrogen-bond donors (Lipinski definition) is 1. The van der Waals surface area contributed by atoms with E-state index in [0.29, 0.717) is 12.8 Å². The Morgan fingerprint density at radius 1 is 1.21 bits per heavy atom. The molecule has 2 amide bonds. The summed E-state index contributed by atoms with van der Waals surface area (Å²) < 4.78 is 28.2. The summed E-state index contributed by atoms with van der Waals surface area (Å²) in [5, 5.41) is 17.2. The molecule has 3 fully saturated rings. The Morgan fingerprint density at radius 2 is 1.79 bits per heavy atom. The summed E-state index contributed by atoms with van der Waals surface area (Å²) in [6.45, 7) is 5.14. The van der Waals surface area contributed by atoms with Crippen LogP contribution < -0.4 is 40.0 Å². The molecule has 0 spiro atoms. The van der Waals surface area contributed by atoms with Gasteiger partial charge in [0.2, 0.25) is 5.91 Å². The van der Waals surface area contributed by atoms with E-state index in [1.807, 2.05) is 0 Å². The number of thioether (sulfide) groups is 1. The molecule has 1 aliphatic carbocycles. The molecule has 2 aliphatic heterocycles. The molecule has 2 saturated heterocycles. The average molecular weight is 504 g/mol. The quantitative estimate of drug-likeness (QED) is 0.215. The van der Waals surface area contributed by atoms with Crippen molar-refractivity contribution in [2.75, 3.05) is 0 Å². The molecule has 1 N–H and O–H groups in total. The second-order valence-corrected chi connectivity index (χ2v) is 11.1. The van der Waals surface area contributed by atoms with Gasteiger partial charge < -0.3 is 25.0 Å². The number of carbonyl (C=O) groups is 3. The van der Waals surface area contributed by atoms with E-state index >= 15 is 0 Å². The van der Waals surface area contributed by atoms with Gasteiger partial charge in [-0.05, 0) is 58.6 Å². The number of benzene rings is 1. The van der Waals surface area contributed by atoms with Gasteiger partial charge in [0, 0.05) is 4.75 Å². The van der Waals surface area contributed by atoms with Crippen LogP contribution in [0.5, 0.6) is 0 Å². The number of carboxylic acid groups (broad SMARTS) is 1. The number of halogens is 2. The molecule has 1 saturated carbocycles. The normalized spacial score (nSPS) is 26.9. The molecule has 0 radical (unpaired) electrons. The van der Waals surface area contributed by atoms with Gasteiger partial charge in [-0.3, -0.25) is 9.59 Å². The number of oxime groups is 1. The fourth-order valence-corrected chi connectivity index (χ4v) is 6.25. The first-order chi connectivity index (χ1) is 15.4. The number of hydrogen-bond acceptors (Lipinski definition) is 7. The summed E-state index contributed by atoms with van der Waals surface area (Å²) in [6, 6.07) is 0.917. The van der Waals surface area contributed by atoms with Gasteiger partial charge >= 0.3 is 29.6 Å². The molecule has 3 aliphatic rings. The molecular formula is C22H24F2N3NaO5S. The smallest absolute Gasteiger partial charge is 0.548 e. The minimum absolute atomic E-state index is 0. The molecule has 12 heteroatoms. The Labute approximate surface area is 222 Å². The fourth-order valence-electron chi connectivity index (χ4n) is 4.63. The third-order valence-corrected chi connectivity index (χ3v) is 7.96. The number of carbonyl (C=O) groups excluding carboxylic acids is 3. The summed E-state index contributed by atoms with van der Waals surface area (Å²) in [6.07, 6.45) is 3.17. The van der Waals surface area contributed by atoms with Crippen LogP contribution >= 0.6 is 11.8 Å². The van der Waals surface area contributed by atoms with Crippen molar-refractivity contribution in [2.24, 2.45) is 5.16 Å². The predicted octanol–water partition coefficient (Wildman–Crippen LogP) is -1.68. The predicted molar refractivity (Wildman–Crippen MR) is 114 cm³/mol. The number of amides is 2. The molecule has 0 unspecified atom stereocenters. The molecule has 0 aromatic heterocycles. The van der Waals surface area contributed by atoms with Crippen molar-refractivity contribution < 1.29 is 62.7 Å². The zero-order valence-corrected chi connectivity index (χ0v) is 22.2. The van der Waals surface area contributed by atoms with E-state index in [1.54, 1.807) is 20.8 Å². The van der Waals surface area contributed by atoms with E-state index in [4.69, 9.17) is 4.84 Å². The van der Waals surface area contributed by atoms with Crippen molar-refractivity contribution in [2.45, 2.75) is 74.3 Å². The zero-order valence-electron chi connectivity index (χ0n) is 19.4. The third kappa shape index (κ3) is 4.72. The Kier molecular flexibility index (Phi) is 7.72. The molecule has 0 bridgehead atoms. The Morgan fingerprint density at radius 3 is 2.35 bits per heavy atom. The third-order valence-electron chi connectivity index (χ3n) is 6.38. The van der Waals surface area contributed by atoms with Gasteiger partial charge in [0.25, 0.3) is 5.91 Å². The minimum Gasteiger partial charge on any atom is -0.548 e. The molecule has 8 nitrogen and oxygen atoms in total. The Balaban J connectivity index is 0.00000324. The topological polar surface area (TPSA) is 111 Å². The molecule has 178 valence electrons. The first-order valence-corrected chi connectivity index (χ1v) is 11.6. The maximum atomic E-state index is 14.5. The van der Waals surface area contributed by atoms with Gasteiger partial charge in [-0.2, -0.15) is 0 Å². The summed E-state index contributed by atoms with van der Waals surface area (Å²) in [7, 11) is 0. The van der Waals surface area contributed by atoms with E-state index in [9.17, 15) is 28.3 Å². The van der Waals surface area contributed by atoms with Gasteiger partial charge in [0.15, 0.2) is 5.71 Å². The van der Waals surface area contributed by atoms with Gasteiger partial charge in [-0.1, -0.05) is 11.2 Å². The maximum absolute atomic E-state index is 14.5. The van der Waals surface area contributed by atoms with Crippen molar-refractivity contribution in [1.29, 1.82) is 0 Å².